The van der Waals surface area contributed by atoms with Crippen LogP contribution in [0.25, 0.3) is 0 Å². The van der Waals surface area contributed by atoms with E-state index in [9.17, 15) is 4.79 Å². The van der Waals surface area contributed by atoms with Crippen molar-refractivity contribution in [3.8, 4) is 5.75 Å². The Kier molecular flexibility index (Phi) is 4.47. The zero-order chi connectivity index (χ0) is 14.0. The molecule has 0 bridgehead atoms. The first kappa shape index (κ1) is 14.3. The van der Waals surface area contributed by atoms with Crippen molar-refractivity contribution in [2.24, 2.45) is 11.7 Å². The summed E-state index contributed by atoms with van der Waals surface area (Å²) in [6.07, 6.45) is 2.32. The molecule has 1 saturated carbocycles. The molecule has 0 heterocycles. The van der Waals surface area contributed by atoms with Gasteiger partial charge in [-0.05, 0) is 53.2 Å². The van der Waals surface area contributed by atoms with Gasteiger partial charge in [-0.2, -0.15) is 0 Å². The lowest BCUT2D eigenvalue weighted by Crippen LogP contribution is -2.17. The van der Waals surface area contributed by atoms with Crippen LogP contribution in [0.5, 0.6) is 5.75 Å². The van der Waals surface area contributed by atoms with Crippen LogP contribution in [0.3, 0.4) is 0 Å². The van der Waals surface area contributed by atoms with Crippen LogP contribution in [0.15, 0.2) is 16.6 Å². The summed E-state index contributed by atoms with van der Waals surface area (Å²) in [6.45, 7) is 2.63. The lowest BCUT2D eigenvalue weighted by Gasteiger charge is -2.18. The Hall–Kier alpha value is -1.07. The number of benzene rings is 1. The van der Waals surface area contributed by atoms with Gasteiger partial charge in [0.25, 0.3) is 0 Å². The molecular weight excluding hydrogens is 310 g/mol. The molecule has 1 aromatic rings. The third-order valence-electron chi connectivity index (χ3n) is 3.17. The number of carboxylic acids is 1. The van der Waals surface area contributed by atoms with Gasteiger partial charge in [-0.3, -0.25) is 4.79 Å². The molecule has 1 fully saturated rings. The number of hydrogen-bond donors (Lipinski definition) is 2. The second-order valence-electron chi connectivity index (χ2n) is 5.12. The number of hydrogen-bond acceptors (Lipinski definition) is 3. The van der Waals surface area contributed by atoms with E-state index in [1.165, 1.54) is 12.8 Å². The first-order valence-electron chi connectivity index (χ1n) is 6.37. The summed E-state index contributed by atoms with van der Waals surface area (Å²) in [5.41, 5.74) is 7.76. The SMILES string of the molecule is Cc1cc(Br)c(OCC2CC2)c(C(N)CC(=O)O)c1. The summed E-state index contributed by atoms with van der Waals surface area (Å²) in [6, 6.07) is 3.31. The molecule has 1 aliphatic carbocycles. The van der Waals surface area contributed by atoms with Crippen molar-refractivity contribution in [2.45, 2.75) is 32.2 Å². The highest BCUT2D eigenvalue weighted by Gasteiger charge is 2.24. The molecule has 104 valence electrons. The fourth-order valence-electron chi connectivity index (χ4n) is 1.97. The van der Waals surface area contributed by atoms with Crippen LogP contribution >= 0.6 is 15.9 Å². The van der Waals surface area contributed by atoms with E-state index >= 15 is 0 Å². The molecule has 4 nitrogen and oxygen atoms in total. The normalized spacial score (nSPS) is 16.2. The molecular formula is C14H18BrNO3. The fourth-order valence-corrected chi connectivity index (χ4v) is 2.67. The highest BCUT2D eigenvalue weighted by Crippen LogP contribution is 2.37. The van der Waals surface area contributed by atoms with Crippen molar-refractivity contribution < 1.29 is 14.6 Å². The minimum Gasteiger partial charge on any atom is -0.492 e. The van der Waals surface area contributed by atoms with Crippen LogP contribution < -0.4 is 10.5 Å². The van der Waals surface area contributed by atoms with Crippen molar-refractivity contribution in [3.63, 3.8) is 0 Å². The van der Waals surface area contributed by atoms with Crippen LogP contribution in [0.4, 0.5) is 0 Å². The molecule has 0 spiro atoms. The van der Waals surface area contributed by atoms with Gasteiger partial charge in [0.1, 0.15) is 5.75 Å². The fraction of sp³-hybridized carbons (Fsp3) is 0.500. The predicted octanol–water partition coefficient (Wildman–Crippen LogP) is 3.02. The molecule has 3 N–H and O–H groups in total. The molecule has 0 saturated heterocycles. The summed E-state index contributed by atoms with van der Waals surface area (Å²) in [5.74, 6) is 0.418. The highest BCUT2D eigenvalue weighted by atomic mass is 79.9. The topological polar surface area (TPSA) is 72.5 Å². The van der Waals surface area contributed by atoms with E-state index in [-0.39, 0.29) is 6.42 Å². The Labute approximate surface area is 121 Å². The molecule has 0 amide bonds. The number of nitrogens with two attached hydrogens (primary N) is 1. The minimum absolute atomic E-state index is 0.102. The van der Waals surface area contributed by atoms with Gasteiger partial charge >= 0.3 is 5.97 Å². The predicted molar refractivity (Wildman–Crippen MR) is 76.3 cm³/mol. The molecule has 1 unspecified atom stereocenters. The third kappa shape index (κ3) is 3.94. The van der Waals surface area contributed by atoms with Gasteiger partial charge in [-0.25, -0.2) is 0 Å². The molecule has 2 rings (SSSR count). The number of halogens is 1. The van der Waals surface area contributed by atoms with Crippen LogP contribution in [0.1, 0.15) is 36.4 Å². The Morgan fingerprint density at radius 3 is 2.84 bits per heavy atom. The van der Waals surface area contributed by atoms with E-state index in [2.05, 4.69) is 15.9 Å². The smallest absolute Gasteiger partial charge is 0.305 e. The van der Waals surface area contributed by atoms with Crippen molar-refractivity contribution in [2.75, 3.05) is 6.61 Å². The van der Waals surface area contributed by atoms with Crippen LogP contribution in [0, 0.1) is 12.8 Å². The maximum Gasteiger partial charge on any atom is 0.305 e. The monoisotopic (exact) mass is 327 g/mol. The van der Waals surface area contributed by atoms with Crippen molar-refractivity contribution in [3.05, 3.63) is 27.7 Å². The van der Waals surface area contributed by atoms with E-state index in [1.54, 1.807) is 0 Å². The largest absolute Gasteiger partial charge is 0.492 e. The van der Waals surface area contributed by atoms with Gasteiger partial charge in [-0.15, -0.1) is 0 Å². The summed E-state index contributed by atoms with van der Waals surface area (Å²) in [7, 11) is 0. The van der Waals surface area contributed by atoms with Crippen molar-refractivity contribution in [1.29, 1.82) is 0 Å². The van der Waals surface area contributed by atoms with E-state index in [0.717, 1.165) is 15.6 Å². The molecule has 0 radical (unpaired) electrons. The lowest BCUT2D eigenvalue weighted by atomic mass is 10.0. The van der Waals surface area contributed by atoms with E-state index < -0.39 is 12.0 Å². The second kappa shape index (κ2) is 5.92. The Morgan fingerprint density at radius 2 is 2.26 bits per heavy atom. The quantitative estimate of drug-likeness (QED) is 0.842. The van der Waals surface area contributed by atoms with Crippen molar-refractivity contribution >= 4 is 21.9 Å². The number of aliphatic carboxylic acids is 1. The van der Waals surface area contributed by atoms with Gasteiger partial charge in [0.15, 0.2) is 0 Å². The van der Waals surface area contributed by atoms with Crippen LogP contribution in [-0.4, -0.2) is 17.7 Å². The van der Waals surface area contributed by atoms with Gasteiger partial charge in [0.05, 0.1) is 17.5 Å². The summed E-state index contributed by atoms with van der Waals surface area (Å²) >= 11 is 3.48. The maximum absolute atomic E-state index is 10.8. The molecule has 1 aliphatic rings. The Balaban J connectivity index is 2.23. The molecule has 0 aromatic heterocycles. The highest BCUT2D eigenvalue weighted by molar-refractivity contribution is 9.10. The zero-order valence-electron chi connectivity index (χ0n) is 10.9. The Morgan fingerprint density at radius 1 is 1.58 bits per heavy atom. The number of rotatable bonds is 6. The number of carbonyl (C=O) groups is 1. The standard InChI is InChI=1S/C14H18BrNO3/c1-8-4-10(12(16)6-13(17)18)14(11(15)5-8)19-7-9-2-3-9/h4-5,9,12H,2-3,6-7,16H2,1H3,(H,17,18). The maximum atomic E-state index is 10.8. The number of aryl methyl sites for hydroxylation is 1. The minimum atomic E-state index is -0.904. The van der Waals surface area contributed by atoms with Gasteiger partial charge in [0, 0.05) is 11.6 Å². The van der Waals surface area contributed by atoms with E-state index in [0.29, 0.717) is 18.3 Å². The van der Waals surface area contributed by atoms with Crippen LogP contribution in [-0.2, 0) is 4.79 Å². The van der Waals surface area contributed by atoms with Gasteiger partial charge < -0.3 is 15.6 Å². The first-order valence-corrected chi connectivity index (χ1v) is 7.17. The number of carboxylic acid groups (broad SMARTS) is 1. The van der Waals surface area contributed by atoms with E-state index in [4.69, 9.17) is 15.6 Å². The van der Waals surface area contributed by atoms with Crippen molar-refractivity contribution in [1.82, 2.24) is 0 Å². The number of ether oxygens (including phenoxy) is 1. The third-order valence-corrected chi connectivity index (χ3v) is 3.76. The summed E-state index contributed by atoms with van der Waals surface area (Å²) in [4.78, 5) is 10.8. The van der Waals surface area contributed by atoms with E-state index in [1.807, 2.05) is 19.1 Å². The zero-order valence-corrected chi connectivity index (χ0v) is 12.4. The van der Waals surface area contributed by atoms with Gasteiger partial charge in [-0.1, -0.05) is 6.07 Å². The average molecular weight is 328 g/mol. The Bertz CT molecular complexity index is 486. The molecule has 1 aromatic carbocycles. The lowest BCUT2D eigenvalue weighted by molar-refractivity contribution is -0.137. The molecule has 1 atom stereocenters. The molecule has 5 heteroatoms. The average Bonchev–Trinajstić information content (AvgIpc) is 3.09. The molecule has 19 heavy (non-hydrogen) atoms. The first-order chi connectivity index (χ1) is 8.97. The van der Waals surface area contributed by atoms with Gasteiger partial charge in [0.2, 0.25) is 0 Å². The second-order valence-corrected chi connectivity index (χ2v) is 5.98. The summed E-state index contributed by atoms with van der Waals surface area (Å²) < 4.78 is 6.67. The van der Waals surface area contributed by atoms with Crippen LogP contribution in [0.2, 0.25) is 0 Å². The summed E-state index contributed by atoms with van der Waals surface area (Å²) in [5, 5.41) is 8.87. The molecule has 0 aliphatic heterocycles.